The largest absolute Gasteiger partial charge is 0.334 e. The third-order valence-electron chi connectivity index (χ3n) is 4.74. The Hall–Kier alpha value is -2.29. The maximum absolute atomic E-state index is 5.58. The van der Waals surface area contributed by atoms with Crippen molar-refractivity contribution >= 4 is 12.4 Å². The molecule has 1 fully saturated rings. The fourth-order valence-electron chi connectivity index (χ4n) is 3.07. The smallest absolute Gasteiger partial charge is 0.258 e. The minimum Gasteiger partial charge on any atom is -0.334 e. The number of hydrogen-bond donors (Lipinski definition) is 1. The van der Waals surface area contributed by atoms with E-state index < -0.39 is 0 Å². The molecule has 9 heteroatoms. The molecule has 1 aliphatic rings. The van der Waals surface area contributed by atoms with E-state index in [9.17, 15) is 0 Å². The molecule has 3 heterocycles. The van der Waals surface area contributed by atoms with Gasteiger partial charge in [-0.05, 0) is 19.2 Å². The zero-order valence-electron chi connectivity index (χ0n) is 16.5. The van der Waals surface area contributed by atoms with Crippen LogP contribution in [0.4, 0.5) is 0 Å². The van der Waals surface area contributed by atoms with Crippen molar-refractivity contribution in [3.05, 3.63) is 35.9 Å². The fourth-order valence-corrected chi connectivity index (χ4v) is 3.07. The number of halogens is 1. The van der Waals surface area contributed by atoms with Crippen molar-refractivity contribution in [2.24, 2.45) is 0 Å². The Balaban J connectivity index is 0.00000225. The first-order valence-corrected chi connectivity index (χ1v) is 9.12. The number of likely N-dealkylation sites (N-methyl/N-ethyl adjacent to an activating group) is 1. The van der Waals surface area contributed by atoms with Crippen LogP contribution in [-0.2, 0) is 5.41 Å². The predicted molar refractivity (Wildman–Crippen MR) is 107 cm³/mol. The molecule has 1 N–H and O–H groups in total. The van der Waals surface area contributed by atoms with E-state index in [2.05, 4.69) is 37.5 Å². The van der Waals surface area contributed by atoms with Gasteiger partial charge in [0, 0.05) is 25.0 Å². The summed E-state index contributed by atoms with van der Waals surface area (Å²) < 4.78 is 11.1. The van der Waals surface area contributed by atoms with Gasteiger partial charge in [0.15, 0.2) is 11.6 Å². The number of piperazine rings is 1. The van der Waals surface area contributed by atoms with E-state index in [0.717, 1.165) is 30.8 Å². The van der Waals surface area contributed by atoms with Crippen LogP contribution in [-0.4, -0.2) is 51.9 Å². The minimum atomic E-state index is -0.188. The third kappa shape index (κ3) is 3.94. The Morgan fingerprint density at radius 3 is 2.29 bits per heavy atom. The van der Waals surface area contributed by atoms with E-state index in [0.29, 0.717) is 23.4 Å². The Kier molecular flexibility index (Phi) is 5.83. The molecule has 0 saturated carbocycles. The van der Waals surface area contributed by atoms with Gasteiger partial charge in [-0.1, -0.05) is 43.2 Å². The lowest BCUT2D eigenvalue weighted by molar-refractivity contribution is 0.190. The molecule has 150 valence electrons. The molecule has 1 aliphatic heterocycles. The highest BCUT2D eigenvalue weighted by Gasteiger charge is 2.27. The Morgan fingerprint density at radius 1 is 1.04 bits per heavy atom. The third-order valence-corrected chi connectivity index (χ3v) is 4.74. The van der Waals surface area contributed by atoms with Crippen LogP contribution < -0.4 is 5.32 Å². The van der Waals surface area contributed by atoms with Crippen molar-refractivity contribution in [3.63, 3.8) is 0 Å². The second-order valence-electron chi connectivity index (χ2n) is 7.88. The number of nitrogens with zero attached hydrogens (tertiary/aromatic N) is 5. The summed E-state index contributed by atoms with van der Waals surface area (Å²) in [5.41, 5.74) is 1.38. The molecule has 0 amide bonds. The molecule has 0 bridgehead atoms. The van der Waals surface area contributed by atoms with Gasteiger partial charge in [-0.15, -0.1) is 12.4 Å². The molecule has 4 rings (SSSR count). The van der Waals surface area contributed by atoms with E-state index in [1.165, 1.54) is 0 Å². The van der Waals surface area contributed by atoms with Crippen molar-refractivity contribution in [1.82, 2.24) is 30.5 Å². The lowest BCUT2D eigenvalue weighted by Crippen LogP contribution is -2.44. The minimum absolute atomic E-state index is 0. The van der Waals surface area contributed by atoms with E-state index in [1.54, 1.807) is 0 Å². The Morgan fingerprint density at radius 2 is 1.68 bits per heavy atom. The first kappa shape index (κ1) is 20.4. The second-order valence-corrected chi connectivity index (χ2v) is 7.88. The molecular formula is C19H25ClN6O2. The lowest BCUT2D eigenvalue weighted by atomic mass is 9.96. The first-order valence-electron chi connectivity index (χ1n) is 9.12. The van der Waals surface area contributed by atoms with E-state index >= 15 is 0 Å². The molecule has 1 unspecified atom stereocenters. The van der Waals surface area contributed by atoms with Crippen LogP contribution in [0.5, 0.6) is 0 Å². The van der Waals surface area contributed by atoms with Crippen molar-refractivity contribution in [2.75, 3.05) is 26.7 Å². The molecule has 2 aromatic heterocycles. The quantitative estimate of drug-likeness (QED) is 0.711. The van der Waals surface area contributed by atoms with Crippen LogP contribution in [0.2, 0.25) is 0 Å². The summed E-state index contributed by atoms with van der Waals surface area (Å²) in [5, 5.41) is 11.7. The van der Waals surface area contributed by atoms with Crippen molar-refractivity contribution < 1.29 is 9.05 Å². The molecule has 3 aromatic rings. The number of benzene rings is 1. The highest BCUT2D eigenvalue weighted by Crippen LogP contribution is 2.32. The van der Waals surface area contributed by atoms with Crippen molar-refractivity contribution in [1.29, 1.82) is 0 Å². The molecule has 1 atom stereocenters. The summed E-state index contributed by atoms with van der Waals surface area (Å²) in [6.07, 6.45) is 0. The monoisotopic (exact) mass is 404 g/mol. The van der Waals surface area contributed by atoms with Crippen LogP contribution >= 0.6 is 12.4 Å². The molecule has 0 spiro atoms. The molecular weight excluding hydrogens is 380 g/mol. The van der Waals surface area contributed by atoms with Gasteiger partial charge in [-0.2, -0.15) is 9.97 Å². The lowest BCUT2D eigenvalue weighted by Gasteiger charge is -2.30. The molecule has 1 aromatic carbocycles. The molecule has 0 radical (unpaired) electrons. The zero-order chi connectivity index (χ0) is 19.0. The summed E-state index contributed by atoms with van der Waals surface area (Å²) in [6, 6.07) is 7.80. The highest BCUT2D eigenvalue weighted by molar-refractivity contribution is 5.85. The Bertz CT molecular complexity index is 932. The summed E-state index contributed by atoms with van der Waals surface area (Å²) in [4.78, 5) is 11.4. The average molecular weight is 405 g/mol. The number of aromatic nitrogens is 4. The molecule has 8 nitrogen and oxygen atoms in total. The van der Waals surface area contributed by atoms with E-state index in [4.69, 9.17) is 9.05 Å². The van der Waals surface area contributed by atoms with Crippen molar-refractivity contribution in [3.8, 4) is 22.9 Å². The van der Waals surface area contributed by atoms with E-state index in [1.807, 2.05) is 45.0 Å². The van der Waals surface area contributed by atoms with E-state index in [-0.39, 0.29) is 23.9 Å². The fraction of sp³-hybridized carbons (Fsp3) is 0.474. The van der Waals surface area contributed by atoms with Crippen LogP contribution in [0.15, 0.2) is 33.3 Å². The summed E-state index contributed by atoms with van der Waals surface area (Å²) in [6.45, 7) is 8.86. The number of hydrogen-bond acceptors (Lipinski definition) is 8. The van der Waals surface area contributed by atoms with Crippen LogP contribution in [0.1, 0.15) is 38.5 Å². The SMILES string of the molecule is CN1CCNCC1c1noc(-c2ccccc2-c2nc(C(C)(C)C)no2)n1.Cl. The summed E-state index contributed by atoms with van der Waals surface area (Å²) in [7, 11) is 2.07. The van der Waals surface area contributed by atoms with Gasteiger partial charge in [0.25, 0.3) is 11.8 Å². The second kappa shape index (κ2) is 7.98. The van der Waals surface area contributed by atoms with Crippen LogP contribution in [0.3, 0.4) is 0 Å². The topological polar surface area (TPSA) is 93.1 Å². The highest BCUT2D eigenvalue weighted by atomic mass is 35.5. The molecule has 28 heavy (non-hydrogen) atoms. The van der Waals surface area contributed by atoms with Crippen LogP contribution in [0.25, 0.3) is 22.9 Å². The van der Waals surface area contributed by atoms with Gasteiger partial charge in [0.05, 0.1) is 17.2 Å². The molecule has 0 aliphatic carbocycles. The van der Waals surface area contributed by atoms with Gasteiger partial charge in [0.2, 0.25) is 0 Å². The maximum Gasteiger partial charge on any atom is 0.258 e. The summed E-state index contributed by atoms with van der Waals surface area (Å²) in [5.74, 6) is 2.24. The standard InChI is InChI=1S/C19H24N6O2.ClH/c1-19(2,3)18-22-17(27-24-18)13-8-6-5-7-12(13)16-21-15(23-26-16)14-11-20-9-10-25(14)4;/h5-8,14,20H,9-11H2,1-4H3;1H. The van der Waals surface area contributed by atoms with Gasteiger partial charge < -0.3 is 14.4 Å². The first-order chi connectivity index (χ1) is 12.9. The number of rotatable bonds is 3. The van der Waals surface area contributed by atoms with Gasteiger partial charge in [-0.25, -0.2) is 0 Å². The van der Waals surface area contributed by atoms with Crippen LogP contribution in [0, 0.1) is 0 Å². The number of nitrogens with one attached hydrogen (secondary N) is 1. The Labute approximate surface area is 170 Å². The molecule has 1 saturated heterocycles. The van der Waals surface area contributed by atoms with Gasteiger partial charge in [-0.3, -0.25) is 4.90 Å². The normalized spacial score (nSPS) is 18.1. The van der Waals surface area contributed by atoms with Gasteiger partial charge >= 0.3 is 0 Å². The van der Waals surface area contributed by atoms with Gasteiger partial charge in [0.1, 0.15) is 0 Å². The average Bonchev–Trinajstić information content (AvgIpc) is 3.32. The van der Waals surface area contributed by atoms with Crippen molar-refractivity contribution in [2.45, 2.75) is 32.2 Å². The zero-order valence-corrected chi connectivity index (χ0v) is 17.3. The maximum atomic E-state index is 5.58. The predicted octanol–water partition coefficient (Wildman–Crippen LogP) is 3.08. The summed E-state index contributed by atoms with van der Waals surface area (Å²) >= 11 is 0.